The molecule has 0 aliphatic heterocycles. The van der Waals surface area contributed by atoms with Gasteiger partial charge in [0.15, 0.2) is 5.82 Å². The molecule has 136 valence electrons. The van der Waals surface area contributed by atoms with Crippen LogP contribution in [0.4, 0.5) is 11.5 Å². The Morgan fingerprint density at radius 2 is 1.96 bits per heavy atom. The maximum absolute atomic E-state index is 5.39. The van der Waals surface area contributed by atoms with Crippen molar-refractivity contribution in [2.75, 3.05) is 12.4 Å². The van der Waals surface area contributed by atoms with Crippen LogP contribution in [0.25, 0.3) is 32.5 Å². The van der Waals surface area contributed by atoms with E-state index in [4.69, 9.17) is 14.7 Å². The minimum atomic E-state index is 0.614. The van der Waals surface area contributed by atoms with Gasteiger partial charge in [-0.2, -0.15) is 0 Å². The number of fused-ring (bicyclic) bond motifs is 2. The van der Waals surface area contributed by atoms with Crippen molar-refractivity contribution in [3.8, 4) is 17.1 Å². The van der Waals surface area contributed by atoms with E-state index in [1.165, 1.54) is 0 Å². The van der Waals surface area contributed by atoms with Gasteiger partial charge in [0.1, 0.15) is 11.6 Å². The smallest absolute Gasteiger partial charge is 0.163 e. The molecule has 0 spiro atoms. The van der Waals surface area contributed by atoms with Gasteiger partial charge in [-0.25, -0.2) is 15.0 Å². The highest BCUT2D eigenvalue weighted by Gasteiger charge is 2.12. The summed E-state index contributed by atoms with van der Waals surface area (Å²) in [4.78, 5) is 18.1. The number of thiazole rings is 1. The fourth-order valence-electron chi connectivity index (χ4n) is 3.03. The van der Waals surface area contributed by atoms with Crippen molar-refractivity contribution in [1.82, 2.24) is 19.9 Å². The van der Waals surface area contributed by atoms with Gasteiger partial charge < -0.3 is 10.1 Å². The van der Waals surface area contributed by atoms with Crippen LogP contribution in [0, 0.1) is 0 Å². The molecule has 3 heterocycles. The Bertz CT molecular complexity index is 1290. The van der Waals surface area contributed by atoms with Crippen LogP contribution >= 0.6 is 11.3 Å². The lowest BCUT2D eigenvalue weighted by molar-refractivity contribution is 0.415. The van der Waals surface area contributed by atoms with Crippen LogP contribution in [-0.4, -0.2) is 27.0 Å². The molecule has 7 heteroatoms. The lowest BCUT2D eigenvalue weighted by Crippen LogP contribution is -2.00. The predicted molar refractivity (Wildman–Crippen MR) is 112 cm³/mol. The van der Waals surface area contributed by atoms with Crippen molar-refractivity contribution in [2.45, 2.75) is 0 Å². The number of rotatable bonds is 4. The minimum absolute atomic E-state index is 0.614. The second-order valence-electron chi connectivity index (χ2n) is 6.18. The molecule has 3 aromatic heterocycles. The molecule has 0 atom stereocenters. The van der Waals surface area contributed by atoms with Gasteiger partial charge in [0.05, 0.1) is 28.4 Å². The average Bonchev–Trinajstić information content (AvgIpc) is 3.22. The van der Waals surface area contributed by atoms with Crippen LogP contribution in [0.15, 0.2) is 66.4 Å². The third kappa shape index (κ3) is 3.01. The van der Waals surface area contributed by atoms with E-state index in [1.807, 2.05) is 48.0 Å². The van der Waals surface area contributed by atoms with Crippen molar-refractivity contribution >= 4 is 44.0 Å². The molecular formula is C21H15N5OS. The summed E-state index contributed by atoms with van der Waals surface area (Å²) in [5.74, 6) is 2.07. The predicted octanol–water partition coefficient (Wildman–Crippen LogP) is 5.05. The van der Waals surface area contributed by atoms with Crippen LogP contribution in [0.2, 0.25) is 0 Å². The molecule has 5 aromatic rings. The third-order valence-corrected chi connectivity index (χ3v) is 5.23. The summed E-state index contributed by atoms with van der Waals surface area (Å²) in [6.45, 7) is 0. The SMILES string of the molecule is COc1ccc2nc(-c3cccnc3)nc(Nc3ccc4scnc4c3)c2c1. The van der Waals surface area contributed by atoms with Crippen LogP contribution in [-0.2, 0) is 0 Å². The van der Waals surface area contributed by atoms with Gasteiger partial charge in [0.25, 0.3) is 0 Å². The molecule has 0 saturated carbocycles. The quantitative estimate of drug-likeness (QED) is 0.466. The maximum atomic E-state index is 5.39. The molecule has 0 saturated heterocycles. The first-order valence-electron chi connectivity index (χ1n) is 8.66. The van der Waals surface area contributed by atoms with Gasteiger partial charge in [0.2, 0.25) is 0 Å². The number of anilines is 2. The molecular weight excluding hydrogens is 370 g/mol. The van der Waals surface area contributed by atoms with Crippen molar-refractivity contribution in [2.24, 2.45) is 0 Å². The van der Waals surface area contributed by atoms with Crippen molar-refractivity contribution < 1.29 is 4.74 Å². The molecule has 0 bridgehead atoms. The zero-order valence-electron chi connectivity index (χ0n) is 15.0. The molecule has 1 N–H and O–H groups in total. The number of hydrogen-bond donors (Lipinski definition) is 1. The highest BCUT2D eigenvalue weighted by molar-refractivity contribution is 7.16. The minimum Gasteiger partial charge on any atom is -0.497 e. The van der Waals surface area contributed by atoms with Crippen molar-refractivity contribution in [3.05, 3.63) is 66.4 Å². The summed E-state index contributed by atoms with van der Waals surface area (Å²) >= 11 is 1.62. The van der Waals surface area contributed by atoms with Gasteiger partial charge in [0, 0.05) is 29.0 Å². The number of methoxy groups -OCH3 is 1. The van der Waals surface area contributed by atoms with Crippen molar-refractivity contribution in [1.29, 1.82) is 0 Å². The summed E-state index contributed by atoms with van der Waals surface area (Å²) in [6, 6.07) is 15.7. The molecule has 0 aliphatic rings. The summed E-state index contributed by atoms with van der Waals surface area (Å²) in [5, 5.41) is 4.31. The molecule has 2 aromatic carbocycles. The number of pyridine rings is 1. The standard InChI is InChI=1S/C21H15N5OS/c1-27-15-5-6-17-16(10-15)21(26-20(25-17)13-3-2-8-22-11-13)24-14-4-7-19-18(9-14)23-12-28-19/h2-12H,1H3,(H,24,25,26). The zero-order valence-corrected chi connectivity index (χ0v) is 15.8. The van der Waals surface area contributed by atoms with Gasteiger partial charge in [-0.15, -0.1) is 11.3 Å². The molecule has 6 nitrogen and oxygen atoms in total. The summed E-state index contributed by atoms with van der Waals surface area (Å²) in [6.07, 6.45) is 3.49. The second-order valence-corrected chi connectivity index (χ2v) is 7.07. The Labute approximate surface area is 164 Å². The Morgan fingerprint density at radius 3 is 2.82 bits per heavy atom. The summed E-state index contributed by atoms with van der Waals surface area (Å²) in [5.41, 5.74) is 5.40. The Morgan fingerprint density at radius 1 is 1.00 bits per heavy atom. The molecule has 0 unspecified atom stereocenters. The van der Waals surface area contributed by atoms with Crippen LogP contribution in [0.5, 0.6) is 5.75 Å². The zero-order chi connectivity index (χ0) is 18.9. The fraction of sp³-hybridized carbons (Fsp3) is 0.0476. The lowest BCUT2D eigenvalue weighted by Gasteiger charge is -2.12. The van der Waals surface area contributed by atoms with E-state index in [0.29, 0.717) is 11.6 Å². The second kappa shape index (κ2) is 6.86. The first kappa shape index (κ1) is 16.6. The van der Waals surface area contributed by atoms with E-state index in [1.54, 1.807) is 30.8 Å². The lowest BCUT2D eigenvalue weighted by atomic mass is 10.2. The largest absolute Gasteiger partial charge is 0.497 e. The summed E-state index contributed by atoms with van der Waals surface area (Å²) < 4.78 is 6.54. The van der Waals surface area contributed by atoms with Gasteiger partial charge in [-0.1, -0.05) is 0 Å². The van der Waals surface area contributed by atoms with Gasteiger partial charge in [-0.3, -0.25) is 4.98 Å². The molecule has 0 fully saturated rings. The number of nitrogens with zero attached hydrogens (tertiary/aromatic N) is 4. The fourth-order valence-corrected chi connectivity index (χ4v) is 3.69. The third-order valence-electron chi connectivity index (χ3n) is 4.42. The molecule has 0 radical (unpaired) electrons. The Balaban J connectivity index is 1.67. The Hall–Kier alpha value is -3.58. The highest BCUT2D eigenvalue weighted by atomic mass is 32.1. The van der Waals surface area contributed by atoms with E-state index in [-0.39, 0.29) is 0 Å². The monoisotopic (exact) mass is 385 g/mol. The van der Waals surface area contributed by atoms with Crippen LogP contribution in [0.3, 0.4) is 0 Å². The van der Waals surface area contributed by atoms with Gasteiger partial charge in [-0.05, 0) is 48.5 Å². The van der Waals surface area contributed by atoms with E-state index < -0.39 is 0 Å². The molecule has 0 aliphatic carbocycles. The first-order valence-corrected chi connectivity index (χ1v) is 9.54. The van der Waals surface area contributed by atoms with Gasteiger partial charge >= 0.3 is 0 Å². The highest BCUT2D eigenvalue weighted by Crippen LogP contribution is 2.31. The van der Waals surface area contributed by atoms with E-state index >= 15 is 0 Å². The average molecular weight is 385 g/mol. The van der Waals surface area contributed by atoms with Crippen LogP contribution < -0.4 is 10.1 Å². The van der Waals surface area contributed by atoms with Crippen molar-refractivity contribution in [3.63, 3.8) is 0 Å². The summed E-state index contributed by atoms with van der Waals surface area (Å²) in [7, 11) is 1.65. The normalized spacial score (nSPS) is 11.0. The van der Waals surface area contributed by atoms with Crippen LogP contribution in [0.1, 0.15) is 0 Å². The first-order chi connectivity index (χ1) is 13.8. The van der Waals surface area contributed by atoms with E-state index in [9.17, 15) is 0 Å². The number of ether oxygens (including phenoxy) is 1. The molecule has 5 rings (SSSR count). The Kier molecular flexibility index (Phi) is 4.06. The van der Waals surface area contributed by atoms with E-state index in [0.717, 1.165) is 38.1 Å². The maximum Gasteiger partial charge on any atom is 0.163 e. The van der Waals surface area contributed by atoms with E-state index in [2.05, 4.69) is 21.4 Å². The number of aromatic nitrogens is 4. The molecule has 0 amide bonds. The molecule has 28 heavy (non-hydrogen) atoms. The topological polar surface area (TPSA) is 72.8 Å². The number of nitrogens with one attached hydrogen (secondary N) is 1. The number of benzene rings is 2. The number of hydrogen-bond acceptors (Lipinski definition) is 7.